The molecular weight excluding hydrogens is 260 g/mol. The summed E-state index contributed by atoms with van der Waals surface area (Å²) in [5.41, 5.74) is 0.0111. The lowest BCUT2D eigenvalue weighted by molar-refractivity contribution is -0.304. The molecule has 0 radical (unpaired) electrons. The van der Waals surface area contributed by atoms with Gasteiger partial charge < -0.3 is 19.7 Å². The van der Waals surface area contributed by atoms with Crippen LogP contribution in [0.3, 0.4) is 0 Å². The second kappa shape index (κ2) is 4.55. The number of aliphatic hydroxyl groups excluding tert-OH is 2. The van der Waals surface area contributed by atoms with E-state index in [-0.39, 0.29) is 29.8 Å². The van der Waals surface area contributed by atoms with Gasteiger partial charge in [0.25, 0.3) is 0 Å². The summed E-state index contributed by atoms with van der Waals surface area (Å²) < 4.78 is 10.6. The Morgan fingerprint density at radius 2 is 2.05 bits per heavy atom. The summed E-state index contributed by atoms with van der Waals surface area (Å²) in [6.45, 7) is 7.91. The molecule has 1 aliphatic carbocycles. The molecule has 2 aliphatic heterocycles. The average molecular weight is 282 g/mol. The average Bonchev–Trinajstić information content (AvgIpc) is 2.55. The van der Waals surface area contributed by atoms with E-state index in [9.17, 15) is 15.0 Å². The van der Waals surface area contributed by atoms with Crippen molar-refractivity contribution in [2.75, 3.05) is 0 Å². The fraction of sp³-hybridized carbons (Fsp3) is 0.800. The lowest BCUT2D eigenvalue weighted by Crippen LogP contribution is -2.51. The van der Waals surface area contributed by atoms with E-state index in [1.165, 1.54) is 0 Å². The zero-order valence-electron chi connectivity index (χ0n) is 11.9. The van der Waals surface area contributed by atoms with E-state index in [2.05, 4.69) is 13.5 Å². The third kappa shape index (κ3) is 1.91. The van der Waals surface area contributed by atoms with E-state index in [1.807, 2.05) is 6.92 Å². The van der Waals surface area contributed by atoms with Crippen LogP contribution in [0.25, 0.3) is 0 Å². The molecule has 0 aromatic heterocycles. The van der Waals surface area contributed by atoms with Gasteiger partial charge in [0.1, 0.15) is 6.10 Å². The van der Waals surface area contributed by atoms with Gasteiger partial charge >= 0.3 is 5.97 Å². The minimum absolute atomic E-state index is 0.0616. The van der Waals surface area contributed by atoms with Gasteiger partial charge in [0, 0.05) is 23.3 Å². The van der Waals surface area contributed by atoms with Crippen molar-refractivity contribution >= 4 is 5.97 Å². The van der Waals surface area contributed by atoms with Crippen LogP contribution in [-0.4, -0.2) is 34.9 Å². The number of hydrogen-bond donors (Lipinski definition) is 2. The Hall–Kier alpha value is -0.910. The lowest BCUT2D eigenvalue weighted by atomic mass is 9.65. The first-order valence-corrected chi connectivity index (χ1v) is 7.24. The van der Waals surface area contributed by atoms with Crippen LogP contribution in [0.5, 0.6) is 0 Å². The Balaban J connectivity index is 1.96. The summed E-state index contributed by atoms with van der Waals surface area (Å²) in [6, 6.07) is 0. The third-order valence-corrected chi connectivity index (χ3v) is 5.52. The first kappa shape index (κ1) is 14.0. The van der Waals surface area contributed by atoms with Gasteiger partial charge in [0.05, 0.1) is 0 Å². The first-order chi connectivity index (χ1) is 9.33. The lowest BCUT2D eigenvalue weighted by Gasteiger charge is -2.48. The zero-order chi connectivity index (χ0) is 14.7. The molecule has 3 aliphatic rings. The molecule has 2 heterocycles. The Labute approximate surface area is 118 Å². The van der Waals surface area contributed by atoms with Crippen LogP contribution in [0, 0.1) is 23.2 Å². The number of esters is 1. The number of hydrogen-bond acceptors (Lipinski definition) is 5. The van der Waals surface area contributed by atoms with Gasteiger partial charge in [0.15, 0.2) is 12.6 Å². The molecule has 5 heteroatoms. The van der Waals surface area contributed by atoms with Crippen LogP contribution < -0.4 is 0 Å². The molecule has 3 fully saturated rings. The monoisotopic (exact) mass is 282 g/mol. The zero-order valence-corrected chi connectivity index (χ0v) is 11.9. The Bertz CT molecular complexity index is 448. The molecule has 5 nitrogen and oxygen atoms in total. The predicted molar refractivity (Wildman–Crippen MR) is 70.2 cm³/mol. The van der Waals surface area contributed by atoms with Gasteiger partial charge in [-0.3, -0.25) is 0 Å². The molecule has 112 valence electrons. The largest absolute Gasteiger partial charge is 0.458 e. The number of rotatable bonds is 0. The van der Waals surface area contributed by atoms with Crippen molar-refractivity contribution in [3.05, 3.63) is 12.2 Å². The molecule has 0 spiro atoms. The standard InChI is InChI=1S/C15H22O5/c1-7-4-11-9(8(2)13(17)19-11)6-15(3)10(7)5-12(16)20-14(15)18/h7,9-12,14,16,18H,2,4-6H2,1,3H3/t7-,9-,10+,11-,12+,14-,15+/m1/s1. The Morgan fingerprint density at radius 1 is 1.35 bits per heavy atom. The van der Waals surface area contributed by atoms with E-state index < -0.39 is 18.0 Å². The molecule has 3 rings (SSSR count). The van der Waals surface area contributed by atoms with Crippen molar-refractivity contribution in [1.29, 1.82) is 0 Å². The van der Waals surface area contributed by atoms with E-state index in [0.717, 1.165) is 6.42 Å². The van der Waals surface area contributed by atoms with Gasteiger partial charge in [0.2, 0.25) is 0 Å². The molecule has 7 atom stereocenters. The first-order valence-electron chi connectivity index (χ1n) is 7.24. The predicted octanol–water partition coefficient (Wildman–Crippen LogP) is 1.19. The van der Waals surface area contributed by atoms with Crippen molar-refractivity contribution in [3.8, 4) is 0 Å². The highest BCUT2D eigenvalue weighted by Gasteiger charge is 2.56. The fourth-order valence-corrected chi connectivity index (χ4v) is 4.31. The summed E-state index contributed by atoms with van der Waals surface area (Å²) in [7, 11) is 0. The van der Waals surface area contributed by atoms with E-state index in [1.54, 1.807) is 0 Å². The van der Waals surface area contributed by atoms with Crippen molar-refractivity contribution in [2.45, 2.75) is 51.8 Å². The topological polar surface area (TPSA) is 76.0 Å². The number of ether oxygens (including phenoxy) is 2. The summed E-state index contributed by atoms with van der Waals surface area (Å²) in [4.78, 5) is 11.7. The summed E-state index contributed by atoms with van der Waals surface area (Å²) >= 11 is 0. The van der Waals surface area contributed by atoms with Crippen LogP contribution in [-0.2, 0) is 14.3 Å². The summed E-state index contributed by atoms with van der Waals surface area (Å²) in [5.74, 6) is -0.00537. The number of carbonyl (C=O) groups is 1. The summed E-state index contributed by atoms with van der Waals surface area (Å²) in [6.07, 6.45) is -0.249. The second-order valence-corrected chi connectivity index (χ2v) is 6.78. The molecule has 2 N–H and O–H groups in total. The second-order valence-electron chi connectivity index (χ2n) is 6.78. The van der Waals surface area contributed by atoms with Gasteiger partial charge in [-0.2, -0.15) is 0 Å². The van der Waals surface area contributed by atoms with Gasteiger partial charge in [-0.15, -0.1) is 0 Å². The van der Waals surface area contributed by atoms with Crippen molar-refractivity contribution < 1.29 is 24.5 Å². The van der Waals surface area contributed by atoms with Crippen LogP contribution >= 0.6 is 0 Å². The van der Waals surface area contributed by atoms with Crippen LogP contribution in [0.2, 0.25) is 0 Å². The highest BCUT2D eigenvalue weighted by Crippen LogP contribution is 2.54. The maximum absolute atomic E-state index is 11.7. The SMILES string of the molecule is C=C1C(=O)O[C@@H]2C[C@@H](C)[C@@H]3C[C@@H](O)O[C@@H](O)[C@@]3(C)C[C@H]12. The normalized spacial score (nSPS) is 52.0. The van der Waals surface area contributed by atoms with Crippen molar-refractivity contribution in [3.63, 3.8) is 0 Å². The van der Waals surface area contributed by atoms with Crippen molar-refractivity contribution in [1.82, 2.24) is 0 Å². The summed E-state index contributed by atoms with van der Waals surface area (Å²) in [5, 5.41) is 20.1. The Kier molecular flexibility index (Phi) is 3.19. The molecule has 2 saturated heterocycles. The maximum Gasteiger partial charge on any atom is 0.334 e. The molecule has 0 aromatic rings. The van der Waals surface area contributed by atoms with E-state index in [4.69, 9.17) is 9.47 Å². The van der Waals surface area contributed by atoms with E-state index >= 15 is 0 Å². The highest BCUT2D eigenvalue weighted by molar-refractivity contribution is 5.90. The van der Waals surface area contributed by atoms with Gasteiger partial charge in [-0.25, -0.2) is 4.79 Å². The van der Waals surface area contributed by atoms with Crippen LogP contribution in [0.15, 0.2) is 12.2 Å². The van der Waals surface area contributed by atoms with Gasteiger partial charge in [-0.1, -0.05) is 20.4 Å². The van der Waals surface area contributed by atoms with Crippen LogP contribution in [0.4, 0.5) is 0 Å². The quantitative estimate of drug-likeness (QED) is 0.515. The van der Waals surface area contributed by atoms with Crippen LogP contribution in [0.1, 0.15) is 33.1 Å². The van der Waals surface area contributed by atoms with Gasteiger partial charge in [-0.05, 0) is 24.7 Å². The molecule has 0 amide bonds. The molecule has 1 saturated carbocycles. The number of carbonyl (C=O) groups excluding carboxylic acids is 1. The maximum atomic E-state index is 11.7. The number of fused-ring (bicyclic) bond motifs is 2. The molecule has 0 unspecified atom stereocenters. The minimum atomic E-state index is -1.03. The van der Waals surface area contributed by atoms with Crippen molar-refractivity contribution in [2.24, 2.45) is 23.2 Å². The number of aliphatic hydroxyl groups is 2. The molecule has 0 aromatic carbocycles. The fourth-order valence-electron chi connectivity index (χ4n) is 4.31. The van der Waals surface area contributed by atoms with E-state index in [0.29, 0.717) is 18.4 Å². The highest BCUT2D eigenvalue weighted by atomic mass is 16.7. The molecular formula is C15H22O5. The smallest absolute Gasteiger partial charge is 0.334 e. The Morgan fingerprint density at radius 3 is 2.75 bits per heavy atom. The molecule has 20 heavy (non-hydrogen) atoms. The third-order valence-electron chi connectivity index (χ3n) is 5.52. The minimum Gasteiger partial charge on any atom is -0.458 e. The molecule has 0 bridgehead atoms.